The lowest BCUT2D eigenvalue weighted by atomic mass is 9.99. The Morgan fingerprint density at radius 1 is 1.09 bits per heavy atom. The van der Waals surface area contributed by atoms with Crippen molar-refractivity contribution in [3.8, 4) is 16.9 Å². The highest BCUT2D eigenvalue weighted by Gasteiger charge is 2.33. The molecule has 6 nitrogen and oxygen atoms in total. The Morgan fingerprint density at radius 2 is 1.94 bits per heavy atom. The monoisotopic (exact) mass is 465 g/mol. The first-order valence-electron chi connectivity index (χ1n) is 11.3. The van der Waals surface area contributed by atoms with Crippen molar-refractivity contribution >= 4 is 11.0 Å². The van der Waals surface area contributed by atoms with E-state index in [-0.39, 0.29) is 5.56 Å². The number of aryl methyl sites for hydroxylation is 1. The summed E-state index contributed by atoms with van der Waals surface area (Å²) in [6, 6.07) is 9.79. The molecule has 0 aromatic carbocycles. The summed E-state index contributed by atoms with van der Waals surface area (Å²) in [6.07, 6.45) is 1.73. The predicted octanol–water partition coefficient (Wildman–Crippen LogP) is 4.33. The molecule has 1 fully saturated rings. The Bertz CT molecular complexity index is 1470. The second-order valence-electron chi connectivity index (χ2n) is 9.05. The molecule has 4 aromatic rings. The van der Waals surface area contributed by atoms with E-state index in [9.17, 15) is 18.0 Å². The third kappa shape index (κ3) is 3.34. The zero-order valence-corrected chi connectivity index (χ0v) is 18.5. The van der Waals surface area contributed by atoms with Crippen molar-refractivity contribution in [1.82, 2.24) is 24.0 Å². The van der Waals surface area contributed by atoms with Gasteiger partial charge in [0.25, 0.3) is 5.56 Å². The van der Waals surface area contributed by atoms with E-state index in [0.717, 1.165) is 42.8 Å². The summed E-state index contributed by atoms with van der Waals surface area (Å²) < 4.78 is 41.9. The van der Waals surface area contributed by atoms with Crippen LogP contribution in [0, 0.1) is 0 Å². The fourth-order valence-corrected chi connectivity index (χ4v) is 5.33. The van der Waals surface area contributed by atoms with Crippen LogP contribution in [0.1, 0.15) is 29.8 Å². The molecule has 0 aliphatic carbocycles. The van der Waals surface area contributed by atoms with Crippen molar-refractivity contribution < 1.29 is 13.2 Å². The lowest BCUT2D eigenvalue weighted by molar-refractivity contribution is -0.141. The number of nitrogens with zero attached hydrogens (tertiary/aromatic N) is 5. The van der Waals surface area contributed by atoms with Gasteiger partial charge in [-0.25, -0.2) is 4.98 Å². The van der Waals surface area contributed by atoms with Crippen molar-refractivity contribution in [3.63, 3.8) is 0 Å². The summed E-state index contributed by atoms with van der Waals surface area (Å²) in [6.45, 7) is 2.08. The molecule has 34 heavy (non-hydrogen) atoms. The van der Waals surface area contributed by atoms with Gasteiger partial charge in [0.1, 0.15) is 17.2 Å². The lowest BCUT2D eigenvalue weighted by Gasteiger charge is -2.30. The molecule has 2 aliphatic rings. The topological polar surface area (TPSA) is 56.0 Å². The number of halogens is 3. The molecule has 174 valence electrons. The summed E-state index contributed by atoms with van der Waals surface area (Å²) in [7, 11) is 2.03. The van der Waals surface area contributed by atoms with E-state index in [4.69, 9.17) is 4.98 Å². The summed E-state index contributed by atoms with van der Waals surface area (Å²) in [5.74, 6) is 0.507. The first kappa shape index (κ1) is 21.1. The van der Waals surface area contributed by atoms with Gasteiger partial charge in [0.15, 0.2) is 0 Å². The van der Waals surface area contributed by atoms with Crippen LogP contribution in [-0.4, -0.2) is 36.6 Å². The Labute approximate surface area is 193 Å². The number of hydrogen-bond donors (Lipinski definition) is 0. The average Bonchev–Trinajstić information content (AvgIpc) is 3.39. The van der Waals surface area contributed by atoms with Gasteiger partial charge in [0.05, 0.1) is 0 Å². The van der Waals surface area contributed by atoms with Gasteiger partial charge in [0, 0.05) is 61.2 Å². The maximum atomic E-state index is 12.9. The fraction of sp³-hybridized carbons (Fsp3) is 0.320. The van der Waals surface area contributed by atoms with Crippen molar-refractivity contribution in [2.45, 2.75) is 38.0 Å². The molecular weight excluding hydrogens is 443 g/mol. The molecule has 1 unspecified atom stereocenters. The van der Waals surface area contributed by atoms with Crippen LogP contribution in [0.3, 0.4) is 0 Å². The van der Waals surface area contributed by atoms with Gasteiger partial charge in [0.2, 0.25) is 0 Å². The number of hydrogen-bond acceptors (Lipinski definition) is 4. The second-order valence-corrected chi connectivity index (χ2v) is 9.05. The van der Waals surface area contributed by atoms with Gasteiger partial charge < -0.3 is 4.57 Å². The minimum absolute atomic E-state index is 0.316. The van der Waals surface area contributed by atoms with Crippen LogP contribution >= 0.6 is 0 Å². The second kappa shape index (κ2) is 7.53. The molecule has 6 rings (SSSR count). The van der Waals surface area contributed by atoms with Gasteiger partial charge >= 0.3 is 6.18 Å². The number of pyridine rings is 3. The van der Waals surface area contributed by atoms with E-state index in [1.807, 2.05) is 19.2 Å². The van der Waals surface area contributed by atoms with Crippen molar-refractivity contribution in [2.75, 3.05) is 6.54 Å². The van der Waals surface area contributed by atoms with E-state index in [0.29, 0.717) is 23.0 Å². The summed E-state index contributed by atoms with van der Waals surface area (Å²) >= 11 is 0. The molecular formula is C25H22F3N5O. The molecule has 0 saturated carbocycles. The minimum atomic E-state index is -4.50. The number of aromatic nitrogens is 4. The molecule has 0 radical (unpaired) electrons. The standard InChI is InChI=1S/C25H22F3N5O/c1-31-20-12-17-3-2-9-32(17)14-19(20)18-5-7-22(30-24(18)31)33-10-8-15(11-23(33)34)16-4-6-21(29-13-16)25(26,27)28/h4-8,10-11,13,17H,2-3,9,12,14H2,1H3. The molecule has 0 N–H and O–H groups in total. The third-order valence-corrected chi connectivity index (χ3v) is 7.10. The summed E-state index contributed by atoms with van der Waals surface area (Å²) in [5.41, 5.74) is 3.16. The summed E-state index contributed by atoms with van der Waals surface area (Å²) in [5, 5.41) is 1.12. The summed E-state index contributed by atoms with van der Waals surface area (Å²) in [4.78, 5) is 23.7. The zero-order chi connectivity index (χ0) is 23.6. The van der Waals surface area contributed by atoms with Gasteiger partial charge in [-0.3, -0.25) is 19.2 Å². The third-order valence-electron chi connectivity index (χ3n) is 7.10. The Kier molecular flexibility index (Phi) is 4.67. The number of alkyl halides is 3. The molecule has 2 aliphatic heterocycles. The molecule has 9 heteroatoms. The highest BCUT2D eigenvalue weighted by molar-refractivity contribution is 5.83. The first-order chi connectivity index (χ1) is 16.3. The highest BCUT2D eigenvalue weighted by Crippen LogP contribution is 2.35. The normalized spacial score (nSPS) is 18.3. The molecule has 1 saturated heterocycles. The quantitative estimate of drug-likeness (QED) is 0.442. The maximum absolute atomic E-state index is 12.9. The van der Waals surface area contributed by atoms with Crippen LogP contribution in [0.15, 0.2) is 53.6 Å². The first-order valence-corrected chi connectivity index (χ1v) is 11.3. The van der Waals surface area contributed by atoms with Gasteiger partial charge in [-0.2, -0.15) is 13.2 Å². The van der Waals surface area contributed by atoms with Crippen LogP contribution in [0.2, 0.25) is 0 Å². The predicted molar refractivity (Wildman–Crippen MR) is 122 cm³/mol. The Morgan fingerprint density at radius 3 is 2.68 bits per heavy atom. The molecule has 0 amide bonds. The van der Waals surface area contributed by atoms with E-state index < -0.39 is 11.9 Å². The van der Waals surface area contributed by atoms with E-state index >= 15 is 0 Å². The molecule has 0 spiro atoms. The minimum Gasteiger partial charge on any atom is -0.332 e. The largest absolute Gasteiger partial charge is 0.433 e. The number of fused-ring (bicyclic) bond motifs is 4. The molecule has 6 heterocycles. The van der Waals surface area contributed by atoms with Crippen LogP contribution < -0.4 is 5.56 Å². The Hall–Kier alpha value is -3.46. The SMILES string of the molecule is Cn1c2c(c3ccc(-n4ccc(-c5ccc(C(F)(F)F)nc5)cc4=O)nc31)CN1CCCC1C2. The van der Waals surface area contributed by atoms with Crippen molar-refractivity contribution in [3.05, 3.63) is 76.1 Å². The molecule has 0 bridgehead atoms. The van der Waals surface area contributed by atoms with Gasteiger partial charge in [-0.05, 0) is 54.8 Å². The van der Waals surface area contributed by atoms with Crippen molar-refractivity contribution in [1.29, 1.82) is 0 Å². The number of rotatable bonds is 2. The Balaban J connectivity index is 1.35. The lowest BCUT2D eigenvalue weighted by Crippen LogP contribution is -2.35. The van der Waals surface area contributed by atoms with E-state index in [1.54, 1.807) is 12.3 Å². The maximum Gasteiger partial charge on any atom is 0.433 e. The average molecular weight is 465 g/mol. The van der Waals surface area contributed by atoms with E-state index in [1.165, 1.54) is 40.8 Å². The van der Waals surface area contributed by atoms with Crippen LogP contribution in [0.25, 0.3) is 28.0 Å². The smallest absolute Gasteiger partial charge is 0.332 e. The van der Waals surface area contributed by atoms with Crippen LogP contribution in [0.5, 0.6) is 0 Å². The van der Waals surface area contributed by atoms with Crippen molar-refractivity contribution in [2.24, 2.45) is 7.05 Å². The zero-order valence-electron chi connectivity index (χ0n) is 18.5. The van der Waals surface area contributed by atoms with E-state index in [2.05, 4.69) is 14.5 Å². The fourth-order valence-electron chi connectivity index (χ4n) is 5.33. The highest BCUT2D eigenvalue weighted by atomic mass is 19.4. The molecule has 1 atom stereocenters. The van der Waals surface area contributed by atoms with Crippen LogP contribution in [0.4, 0.5) is 13.2 Å². The van der Waals surface area contributed by atoms with Gasteiger partial charge in [-0.1, -0.05) is 6.07 Å². The van der Waals surface area contributed by atoms with Gasteiger partial charge in [-0.15, -0.1) is 0 Å². The molecule has 4 aromatic heterocycles. The van der Waals surface area contributed by atoms with Crippen LogP contribution in [-0.2, 0) is 26.2 Å².